The summed E-state index contributed by atoms with van der Waals surface area (Å²) in [4.78, 5) is 2.75. The molecule has 0 spiro atoms. The van der Waals surface area contributed by atoms with Gasteiger partial charge in [0.2, 0.25) is 0 Å². The van der Waals surface area contributed by atoms with Crippen LogP contribution >= 0.6 is 0 Å². The van der Waals surface area contributed by atoms with Crippen LogP contribution < -0.4 is 0 Å². The molecule has 0 radical (unpaired) electrons. The van der Waals surface area contributed by atoms with Crippen molar-refractivity contribution < 1.29 is 26.3 Å². The van der Waals surface area contributed by atoms with Gasteiger partial charge in [0.1, 0.15) is 12.1 Å². The van der Waals surface area contributed by atoms with Crippen molar-refractivity contribution in [1.29, 1.82) is 0 Å². The molecule has 31 heavy (non-hydrogen) atoms. The second kappa shape index (κ2) is 11.6. The third-order valence-corrected chi connectivity index (χ3v) is 6.58. The van der Waals surface area contributed by atoms with Gasteiger partial charge in [-0.1, -0.05) is 48.0 Å². The van der Waals surface area contributed by atoms with Gasteiger partial charge in [-0.15, -0.1) is 0 Å². The van der Waals surface area contributed by atoms with Gasteiger partial charge in [-0.3, -0.25) is 9.80 Å². The molecule has 2 nitrogen and oxygen atoms in total. The first kappa shape index (κ1) is 30.5. The fourth-order valence-corrected chi connectivity index (χ4v) is 5.30. The first-order valence-corrected chi connectivity index (χ1v) is 11.3. The Bertz CT molecular complexity index is 515. The molecular weight excluding hydrogens is 418 g/mol. The van der Waals surface area contributed by atoms with Gasteiger partial charge in [0.25, 0.3) is 0 Å². The fourth-order valence-electron chi connectivity index (χ4n) is 5.30. The van der Waals surface area contributed by atoms with Crippen molar-refractivity contribution >= 4 is 0 Å². The third-order valence-electron chi connectivity index (χ3n) is 6.58. The van der Waals surface area contributed by atoms with Crippen LogP contribution in [0.2, 0.25) is 0 Å². The lowest BCUT2D eigenvalue weighted by atomic mass is 9.74. The minimum Gasteiger partial charge on any atom is -0.292 e. The quantitative estimate of drug-likeness (QED) is 0.279. The molecule has 0 aliphatic rings. The van der Waals surface area contributed by atoms with E-state index >= 15 is 0 Å². The summed E-state index contributed by atoms with van der Waals surface area (Å²) in [6.07, 6.45) is -6.59. The van der Waals surface area contributed by atoms with Crippen molar-refractivity contribution in [1.82, 2.24) is 9.80 Å². The lowest BCUT2D eigenvalue weighted by Crippen LogP contribution is -2.56. The Balaban J connectivity index is 5.46. The van der Waals surface area contributed by atoms with Gasteiger partial charge in [-0.25, -0.2) is 0 Å². The molecule has 0 aromatic carbocycles. The molecule has 0 amide bonds. The van der Waals surface area contributed by atoms with Crippen molar-refractivity contribution in [2.45, 2.75) is 118 Å². The molecule has 0 fully saturated rings. The fraction of sp³-hybridized carbons (Fsp3) is 1.00. The van der Waals surface area contributed by atoms with Crippen LogP contribution in [0.25, 0.3) is 0 Å². The first-order chi connectivity index (χ1) is 13.8. The molecule has 5 atom stereocenters. The van der Waals surface area contributed by atoms with E-state index in [1.165, 1.54) is 37.7 Å². The predicted molar refractivity (Wildman–Crippen MR) is 116 cm³/mol. The molecule has 8 heteroatoms. The minimum atomic E-state index is -4.39. The van der Waals surface area contributed by atoms with E-state index in [0.717, 1.165) is 6.42 Å². The van der Waals surface area contributed by atoms with Gasteiger partial charge >= 0.3 is 12.4 Å². The minimum absolute atomic E-state index is 0.159. The molecule has 0 saturated heterocycles. The maximum absolute atomic E-state index is 14.1. The lowest BCUT2D eigenvalue weighted by Gasteiger charge is -2.45. The largest absolute Gasteiger partial charge is 0.404 e. The molecule has 0 rings (SSSR count). The smallest absolute Gasteiger partial charge is 0.292 e. The van der Waals surface area contributed by atoms with E-state index in [-0.39, 0.29) is 18.4 Å². The summed E-state index contributed by atoms with van der Waals surface area (Å²) >= 11 is 0. The highest BCUT2D eigenvalue weighted by molar-refractivity contribution is 4.94. The maximum Gasteiger partial charge on any atom is 0.404 e. The van der Waals surface area contributed by atoms with E-state index in [4.69, 9.17) is 0 Å². The average Bonchev–Trinajstić information content (AvgIpc) is 2.50. The summed E-state index contributed by atoms with van der Waals surface area (Å²) in [6, 6.07) is -3.81. The summed E-state index contributed by atoms with van der Waals surface area (Å²) in [5.41, 5.74) is -1.08. The molecule has 0 aliphatic carbocycles. The number of halogens is 6. The van der Waals surface area contributed by atoms with Crippen molar-refractivity contribution in [2.24, 2.45) is 17.3 Å². The van der Waals surface area contributed by atoms with E-state index in [1.807, 2.05) is 20.8 Å². The molecule has 188 valence electrons. The van der Waals surface area contributed by atoms with Crippen LogP contribution in [0.1, 0.15) is 81.1 Å². The monoisotopic (exact) mass is 462 g/mol. The van der Waals surface area contributed by atoms with Gasteiger partial charge in [0, 0.05) is 12.1 Å². The Morgan fingerprint density at radius 2 is 1.23 bits per heavy atom. The molecule has 1 unspecified atom stereocenters. The molecule has 0 heterocycles. The summed E-state index contributed by atoms with van der Waals surface area (Å²) in [5, 5.41) is 0. The van der Waals surface area contributed by atoms with Crippen molar-refractivity contribution in [2.75, 3.05) is 14.1 Å². The van der Waals surface area contributed by atoms with Gasteiger partial charge in [-0.05, 0) is 64.5 Å². The van der Waals surface area contributed by atoms with E-state index in [1.54, 1.807) is 20.8 Å². The highest BCUT2D eigenvalue weighted by atomic mass is 19.4. The van der Waals surface area contributed by atoms with Crippen LogP contribution in [0.4, 0.5) is 26.3 Å². The molecule has 0 aliphatic heterocycles. The second-order valence-electron chi connectivity index (χ2n) is 10.5. The van der Waals surface area contributed by atoms with Crippen LogP contribution in [0.3, 0.4) is 0 Å². The standard InChI is InChI=1S/C23H44F6N2/c1-11-12-17(5)31(10)20(23(27,28)29)21(7,8)14-16(4)13-18(6)30(9)19(15(2)3)22(24,25)26/h15-20H,11-14H2,1-10H3/t16?,17-,18-,19+,20-/m1/s1. The van der Waals surface area contributed by atoms with Gasteiger partial charge in [0.15, 0.2) is 0 Å². The van der Waals surface area contributed by atoms with Gasteiger partial charge in [0.05, 0.1) is 0 Å². The Morgan fingerprint density at radius 1 is 0.742 bits per heavy atom. The number of hydrogen-bond donors (Lipinski definition) is 0. The van der Waals surface area contributed by atoms with E-state index in [0.29, 0.717) is 12.8 Å². The van der Waals surface area contributed by atoms with Crippen molar-refractivity contribution in [3.63, 3.8) is 0 Å². The molecule has 0 bridgehead atoms. The zero-order chi connectivity index (χ0) is 24.9. The van der Waals surface area contributed by atoms with Crippen molar-refractivity contribution in [3.8, 4) is 0 Å². The maximum atomic E-state index is 14.1. The van der Waals surface area contributed by atoms with Crippen molar-refractivity contribution in [3.05, 3.63) is 0 Å². The molecule has 0 aromatic rings. The Kier molecular flexibility index (Phi) is 11.4. The number of nitrogens with zero attached hydrogens (tertiary/aromatic N) is 2. The lowest BCUT2D eigenvalue weighted by molar-refractivity contribution is -0.216. The van der Waals surface area contributed by atoms with Gasteiger partial charge < -0.3 is 0 Å². The SMILES string of the molecule is CCC[C@@H](C)N(C)[C@@H](C(F)(F)F)C(C)(C)CC(C)C[C@@H](C)N(C)[C@@H](C(C)C)C(F)(F)F. The molecule has 0 N–H and O–H groups in total. The average molecular weight is 463 g/mol. The first-order valence-electron chi connectivity index (χ1n) is 11.3. The van der Waals surface area contributed by atoms with Crippen LogP contribution in [-0.4, -0.2) is 60.4 Å². The number of rotatable bonds is 12. The number of hydrogen-bond acceptors (Lipinski definition) is 2. The summed E-state index contributed by atoms with van der Waals surface area (Å²) in [5.74, 6) is -0.768. The zero-order valence-corrected chi connectivity index (χ0v) is 21.0. The van der Waals surface area contributed by atoms with Crippen LogP contribution in [0.15, 0.2) is 0 Å². The van der Waals surface area contributed by atoms with Crippen LogP contribution in [0.5, 0.6) is 0 Å². The third kappa shape index (κ3) is 9.10. The number of alkyl halides is 6. The Hall–Kier alpha value is -0.500. The topological polar surface area (TPSA) is 6.48 Å². The Labute approximate surface area is 185 Å². The van der Waals surface area contributed by atoms with Crippen LogP contribution in [-0.2, 0) is 0 Å². The highest BCUT2D eigenvalue weighted by Gasteiger charge is 2.52. The van der Waals surface area contributed by atoms with E-state index in [9.17, 15) is 26.3 Å². The normalized spacial score (nSPS) is 19.1. The molecule has 0 aromatic heterocycles. The second-order valence-corrected chi connectivity index (χ2v) is 10.5. The summed E-state index contributed by atoms with van der Waals surface area (Å²) in [6.45, 7) is 13.6. The van der Waals surface area contributed by atoms with Crippen LogP contribution in [0, 0.1) is 17.3 Å². The van der Waals surface area contributed by atoms with E-state index in [2.05, 4.69) is 0 Å². The Morgan fingerprint density at radius 3 is 1.58 bits per heavy atom. The summed E-state index contributed by atoms with van der Waals surface area (Å²) in [7, 11) is 2.98. The highest BCUT2D eigenvalue weighted by Crippen LogP contribution is 2.43. The molecular formula is C23H44F6N2. The predicted octanol–water partition coefficient (Wildman–Crippen LogP) is 7.39. The van der Waals surface area contributed by atoms with Gasteiger partial charge in [-0.2, -0.15) is 26.3 Å². The summed E-state index contributed by atoms with van der Waals surface area (Å²) < 4.78 is 82.6. The van der Waals surface area contributed by atoms with E-state index < -0.39 is 41.8 Å². The zero-order valence-electron chi connectivity index (χ0n) is 21.0. The molecule has 0 saturated carbocycles.